The molecule has 0 fully saturated rings. The molecule has 0 rings (SSSR count). The maximum Gasteiger partial charge on any atom is 0.209 e. The summed E-state index contributed by atoms with van der Waals surface area (Å²) < 4.78 is 5.29. The van der Waals surface area contributed by atoms with E-state index in [0.717, 1.165) is 19.3 Å². The van der Waals surface area contributed by atoms with Gasteiger partial charge in [0.15, 0.2) is 0 Å². The van der Waals surface area contributed by atoms with E-state index in [-0.39, 0.29) is 6.23 Å². The van der Waals surface area contributed by atoms with E-state index in [1.54, 1.807) is 0 Å². The van der Waals surface area contributed by atoms with Crippen LogP contribution in [-0.4, -0.2) is 19.2 Å². The highest BCUT2D eigenvalue weighted by Gasteiger charge is 2.03. The minimum Gasteiger partial charge on any atom is -0.359 e. The van der Waals surface area contributed by atoms with Crippen LogP contribution in [0, 0.1) is 6.92 Å². The number of hydrogen-bond acceptors (Lipinski definition) is 2. The third-order valence-electron chi connectivity index (χ3n) is 1.24. The molecule has 0 bridgehead atoms. The Balaban J connectivity index is 3.41. The first-order valence-electron chi connectivity index (χ1n) is 3.95. The zero-order valence-corrected chi connectivity index (χ0v) is 7.01. The van der Waals surface area contributed by atoms with Crippen molar-refractivity contribution in [3.8, 4) is 0 Å². The Morgan fingerprint density at radius 3 is 2.91 bits per heavy atom. The smallest absolute Gasteiger partial charge is 0.209 e. The van der Waals surface area contributed by atoms with Gasteiger partial charge in [0, 0.05) is 6.61 Å². The summed E-state index contributed by atoms with van der Waals surface area (Å²) in [5, 5.41) is 2.58. The van der Waals surface area contributed by atoms with E-state index in [1.807, 2.05) is 6.92 Å². The quantitative estimate of drug-likeness (QED) is 0.445. The van der Waals surface area contributed by atoms with Gasteiger partial charge >= 0.3 is 0 Å². The average molecular weight is 158 g/mol. The molecule has 1 amide bonds. The molecule has 0 saturated heterocycles. The molecule has 0 heterocycles. The van der Waals surface area contributed by atoms with Crippen molar-refractivity contribution in [3.63, 3.8) is 0 Å². The third-order valence-corrected chi connectivity index (χ3v) is 1.24. The highest BCUT2D eigenvalue weighted by atomic mass is 16.5. The molecule has 0 saturated carbocycles. The van der Waals surface area contributed by atoms with Gasteiger partial charge in [-0.05, 0) is 19.3 Å². The van der Waals surface area contributed by atoms with Gasteiger partial charge in [0.1, 0.15) is 6.23 Å². The molecule has 0 aromatic rings. The summed E-state index contributed by atoms with van der Waals surface area (Å²) in [7, 11) is 0. The Labute approximate surface area is 68.1 Å². The van der Waals surface area contributed by atoms with E-state index in [0.29, 0.717) is 13.0 Å². The normalized spacial score (nSPS) is 12.5. The van der Waals surface area contributed by atoms with Crippen LogP contribution in [0.15, 0.2) is 0 Å². The van der Waals surface area contributed by atoms with Crippen LogP contribution >= 0.6 is 0 Å². The first kappa shape index (κ1) is 10.4. The number of nitrogens with one attached hydrogen (secondary N) is 1. The van der Waals surface area contributed by atoms with E-state index in [1.165, 1.54) is 0 Å². The van der Waals surface area contributed by atoms with Gasteiger partial charge in [-0.1, -0.05) is 13.8 Å². The van der Waals surface area contributed by atoms with E-state index in [4.69, 9.17) is 4.74 Å². The lowest BCUT2D eigenvalue weighted by Crippen LogP contribution is -2.30. The van der Waals surface area contributed by atoms with Crippen molar-refractivity contribution in [3.05, 3.63) is 6.92 Å². The molecular formula is C8H16NO2. The van der Waals surface area contributed by atoms with E-state index >= 15 is 0 Å². The molecule has 0 aromatic carbocycles. The minimum atomic E-state index is -0.148. The van der Waals surface area contributed by atoms with Gasteiger partial charge in [-0.3, -0.25) is 4.79 Å². The summed E-state index contributed by atoms with van der Waals surface area (Å²) in [5.74, 6) is 0. The summed E-state index contributed by atoms with van der Waals surface area (Å²) >= 11 is 0. The van der Waals surface area contributed by atoms with Gasteiger partial charge in [-0.15, -0.1) is 0 Å². The summed E-state index contributed by atoms with van der Waals surface area (Å²) in [6.45, 7) is 6.40. The Morgan fingerprint density at radius 2 is 2.45 bits per heavy atom. The molecule has 1 atom stereocenters. The SMILES string of the molecule is [CH2]CCC(NC=O)OCCC. The molecule has 0 aromatic heterocycles. The second kappa shape index (κ2) is 7.54. The monoisotopic (exact) mass is 158 g/mol. The average Bonchev–Trinajstić information content (AvgIpc) is 2.01. The molecule has 3 nitrogen and oxygen atoms in total. The first-order chi connectivity index (χ1) is 5.35. The van der Waals surface area contributed by atoms with Crippen molar-refractivity contribution in [2.24, 2.45) is 0 Å². The molecule has 0 aliphatic heterocycles. The number of carbonyl (C=O) groups excluding carboxylic acids is 1. The highest BCUT2D eigenvalue weighted by Crippen LogP contribution is 1.97. The summed E-state index contributed by atoms with van der Waals surface area (Å²) in [5.41, 5.74) is 0. The van der Waals surface area contributed by atoms with Crippen molar-refractivity contribution < 1.29 is 9.53 Å². The minimum absolute atomic E-state index is 0.148. The van der Waals surface area contributed by atoms with Crippen LogP contribution in [0.1, 0.15) is 26.2 Å². The van der Waals surface area contributed by atoms with Gasteiger partial charge in [0.05, 0.1) is 0 Å². The highest BCUT2D eigenvalue weighted by molar-refractivity contribution is 5.46. The number of ether oxygens (including phenoxy) is 1. The number of amides is 1. The Hall–Kier alpha value is -0.570. The summed E-state index contributed by atoms with van der Waals surface area (Å²) in [6, 6.07) is 0. The van der Waals surface area contributed by atoms with Gasteiger partial charge in [-0.2, -0.15) is 0 Å². The molecule has 1 N–H and O–H groups in total. The van der Waals surface area contributed by atoms with Crippen molar-refractivity contribution in [1.29, 1.82) is 0 Å². The zero-order chi connectivity index (χ0) is 8.53. The maximum absolute atomic E-state index is 10.0. The van der Waals surface area contributed by atoms with Crippen LogP contribution in [0.4, 0.5) is 0 Å². The largest absolute Gasteiger partial charge is 0.359 e. The Bertz CT molecular complexity index is 96.1. The molecular weight excluding hydrogens is 142 g/mol. The van der Waals surface area contributed by atoms with Gasteiger partial charge < -0.3 is 10.1 Å². The lowest BCUT2D eigenvalue weighted by atomic mass is 10.3. The maximum atomic E-state index is 10.0. The lowest BCUT2D eigenvalue weighted by Gasteiger charge is -2.14. The van der Waals surface area contributed by atoms with Crippen LogP contribution in [0.5, 0.6) is 0 Å². The standard InChI is InChI=1S/C8H16NO2/c1-3-5-8(9-7-10)11-6-4-2/h7-8H,1,3-6H2,2H3,(H,9,10). The molecule has 3 heteroatoms. The lowest BCUT2D eigenvalue weighted by molar-refractivity contribution is -0.113. The van der Waals surface area contributed by atoms with Crippen molar-refractivity contribution in [2.75, 3.05) is 6.61 Å². The van der Waals surface area contributed by atoms with Crippen molar-refractivity contribution in [1.82, 2.24) is 5.32 Å². The van der Waals surface area contributed by atoms with Gasteiger partial charge in [-0.25, -0.2) is 0 Å². The first-order valence-corrected chi connectivity index (χ1v) is 3.95. The third kappa shape index (κ3) is 5.85. The van der Waals surface area contributed by atoms with Crippen LogP contribution < -0.4 is 5.32 Å². The zero-order valence-electron chi connectivity index (χ0n) is 7.01. The van der Waals surface area contributed by atoms with E-state index < -0.39 is 0 Å². The summed E-state index contributed by atoms with van der Waals surface area (Å²) in [4.78, 5) is 10.0. The van der Waals surface area contributed by atoms with Crippen LogP contribution in [-0.2, 0) is 9.53 Å². The molecule has 0 aliphatic rings. The molecule has 11 heavy (non-hydrogen) atoms. The number of carbonyl (C=O) groups is 1. The molecule has 0 aliphatic carbocycles. The van der Waals surface area contributed by atoms with Crippen LogP contribution in [0.25, 0.3) is 0 Å². The fourth-order valence-corrected chi connectivity index (χ4v) is 0.736. The van der Waals surface area contributed by atoms with Gasteiger partial charge in [0.2, 0.25) is 6.41 Å². The fraction of sp³-hybridized carbons (Fsp3) is 0.750. The molecule has 1 radical (unpaired) electrons. The molecule has 1 unspecified atom stereocenters. The van der Waals surface area contributed by atoms with Crippen LogP contribution in [0.3, 0.4) is 0 Å². The predicted molar refractivity (Wildman–Crippen MR) is 43.8 cm³/mol. The topological polar surface area (TPSA) is 38.3 Å². The summed E-state index contributed by atoms with van der Waals surface area (Å²) in [6.07, 6.45) is 3.03. The van der Waals surface area contributed by atoms with E-state index in [9.17, 15) is 4.79 Å². The second-order valence-electron chi connectivity index (χ2n) is 2.29. The Kier molecular flexibility index (Phi) is 7.15. The van der Waals surface area contributed by atoms with Crippen LogP contribution in [0.2, 0.25) is 0 Å². The van der Waals surface area contributed by atoms with Crippen molar-refractivity contribution >= 4 is 6.41 Å². The number of hydrogen-bond donors (Lipinski definition) is 1. The fourth-order valence-electron chi connectivity index (χ4n) is 0.736. The Morgan fingerprint density at radius 1 is 1.73 bits per heavy atom. The predicted octanol–water partition coefficient (Wildman–Crippen LogP) is 1.10. The van der Waals surface area contributed by atoms with E-state index in [2.05, 4.69) is 12.2 Å². The molecule has 65 valence electrons. The van der Waals surface area contributed by atoms with Crippen molar-refractivity contribution in [2.45, 2.75) is 32.4 Å². The van der Waals surface area contributed by atoms with Gasteiger partial charge in [0.25, 0.3) is 0 Å². The molecule has 0 spiro atoms. The number of rotatable bonds is 7. The second-order valence-corrected chi connectivity index (χ2v) is 2.29.